The van der Waals surface area contributed by atoms with Gasteiger partial charge in [0.2, 0.25) is 0 Å². The van der Waals surface area contributed by atoms with E-state index in [4.69, 9.17) is 17.3 Å². The van der Waals surface area contributed by atoms with Crippen molar-refractivity contribution in [1.82, 2.24) is 9.78 Å². The number of carboxylic acids is 1. The average Bonchev–Trinajstić information content (AvgIpc) is 3.07. The van der Waals surface area contributed by atoms with Crippen LogP contribution in [0.5, 0.6) is 0 Å². The summed E-state index contributed by atoms with van der Waals surface area (Å²) in [5, 5.41) is 14.2. The van der Waals surface area contributed by atoms with Gasteiger partial charge in [0.05, 0.1) is 12.2 Å². The van der Waals surface area contributed by atoms with E-state index in [2.05, 4.69) is 24.2 Å². The molecular formula is C20H20ClN3O2. The second-order valence-electron chi connectivity index (χ2n) is 6.06. The molecule has 6 heteroatoms. The van der Waals surface area contributed by atoms with Gasteiger partial charge in [0.15, 0.2) is 5.69 Å². The third-order valence-electron chi connectivity index (χ3n) is 4.32. The lowest BCUT2D eigenvalue weighted by molar-refractivity contribution is 0.0689. The second-order valence-corrected chi connectivity index (χ2v) is 6.47. The number of hydrogen-bond acceptors (Lipinski definition) is 3. The van der Waals surface area contributed by atoms with E-state index in [9.17, 15) is 9.90 Å². The standard InChI is InChI=1S/C20H20ClN3O2/c1-2-13-3-5-14(6-4-13)12-24-19(10-18(23-24)20(25)26)15-7-8-17(21)16(9-15)11-22/h3-10H,2,11-12,22H2,1H3,(H,25,26). The van der Waals surface area contributed by atoms with Crippen LogP contribution in [0.3, 0.4) is 0 Å². The summed E-state index contributed by atoms with van der Waals surface area (Å²) in [6, 6.07) is 15.3. The number of nitrogens with zero attached hydrogens (tertiary/aromatic N) is 2. The fraction of sp³-hybridized carbons (Fsp3) is 0.200. The minimum atomic E-state index is -1.06. The number of halogens is 1. The Morgan fingerprint density at radius 1 is 1.15 bits per heavy atom. The summed E-state index contributed by atoms with van der Waals surface area (Å²) in [5.74, 6) is -1.06. The van der Waals surface area contributed by atoms with E-state index in [1.165, 1.54) is 5.56 Å². The van der Waals surface area contributed by atoms with Crippen LogP contribution in [0.2, 0.25) is 5.02 Å². The number of rotatable bonds is 6. The molecule has 0 amide bonds. The first-order chi connectivity index (χ1) is 12.5. The van der Waals surface area contributed by atoms with Gasteiger partial charge in [-0.3, -0.25) is 4.68 Å². The molecule has 1 heterocycles. The number of carbonyl (C=O) groups is 1. The van der Waals surface area contributed by atoms with Gasteiger partial charge in [-0.25, -0.2) is 4.79 Å². The van der Waals surface area contributed by atoms with Crippen molar-refractivity contribution in [1.29, 1.82) is 0 Å². The van der Waals surface area contributed by atoms with Crippen molar-refractivity contribution in [2.75, 3.05) is 0 Å². The van der Waals surface area contributed by atoms with E-state index in [-0.39, 0.29) is 5.69 Å². The Hall–Kier alpha value is -2.63. The lowest BCUT2D eigenvalue weighted by atomic mass is 10.1. The molecule has 3 rings (SSSR count). The maximum Gasteiger partial charge on any atom is 0.356 e. The molecule has 0 unspecified atom stereocenters. The van der Waals surface area contributed by atoms with Gasteiger partial charge < -0.3 is 10.8 Å². The van der Waals surface area contributed by atoms with Crippen LogP contribution in [0.4, 0.5) is 0 Å². The van der Waals surface area contributed by atoms with E-state index < -0.39 is 5.97 Å². The summed E-state index contributed by atoms with van der Waals surface area (Å²) in [6.07, 6.45) is 0.975. The van der Waals surface area contributed by atoms with Crippen LogP contribution in [0.15, 0.2) is 48.5 Å². The van der Waals surface area contributed by atoms with E-state index in [0.717, 1.165) is 23.1 Å². The zero-order chi connectivity index (χ0) is 18.7. The maximum atomic E-state index is 11.4. The lowest BCUT2D eigenvalue weighted by Gasteiger charge is -2.10. The van der Waals surface area contributed by atoms with E-state index in [0.29, 0.717) is 23.8 Å². The molecule has 134 valence electrons. The Labute approximate surface area is 157 Å². The molecule has 0 fully saturated rings. The van der Waals surface area contributed by atoms with Gasteiger partial charge in [-0.05, 0) is 41.3 Å². The van der Waals surface area contributed by atoms with Gasteiger partial charge >= 0.3 is 5.97 Å². The predicted octanol–water partition coefficient (Wildman–Crippen LogP) is 3.97. The van der Waals surface area contributed by atoms with Crippen molar-refractivity contribution >= 4 is 17.6 Å². The molecule has 0 atom stereocenters. The number of aromatic nitrogens is 2. The molecule has 0 saturated carbocycles. The number of aromatic carboxylic acids is 1. The number of nitrogens with two attached hydrogens (primary N) is 1. The van der Waals surface area contributed by atoms with Gasteiger partial charge in [0.25, 0.3) is 0 Å². The molecule has 26 heavy (non-hydrogen) atoms. The monoisotopic (exact) mass is 369 g/mol. The zero-order valence-electron chi connectivity index (χ0n) is 14.4. The molecule has 0 radical (unpaired) electrons. The Morgan fingerprint density at radius 3 is 2.46 bits per heavy atom. The Bertz CT molecular complexity index is 933. The molecule has 0 aliphatic carbocycles. The molecule has 2 aromatic carbocycles. The summed E-state index contributed by atoms with van der Waals surface area (Å²) in [4.78, 5) is 11.4. The quantitative estimate of drug-likeness (QED) is 0.688. The molecule has 0 saturated heterocycles. The second kappa shape index (κ2) is 7.72. The molecule has 3 aromatic rings. The third-order valence-corrected chi connectivity index (χ3v) is 4.69. The number of benzene rings is 2. The van der Waals surface area contributed by atoms with Crippen molar-refractivity contribution in [2.45, 2.75) is 26.4 Å². The summed E-state index contributed by atoms with van der Waals surface area (Å²) < 4.78 is 1.70. The molecule has 0 aliphatic heterocycles. The van der Waals surface area contributed by atoms with Crippen LogP contribution in [0.1, 0.15) is 34.1 Å². The Kier molecular flexibility index (Phi) is 5.40. The van der Waals surface area contributed by atoms with E-state index in [1.807, 2.05) is 24.3 Å². The first kappa shape index (κ1) is 18.2. The third kappa shape index (κ3) is 3.79. The lowest BCUT2D eigenvalue weighted by Crippen LogP contribution is -2.06. The van der Waals surface area contributed by atoms with Crippen molar-refractivity contribution in [3.8, 4) is 11.3 Å². The SMILES string of the molecule is CCc1ccc(Cn2nc(C(=O)O)cc2-c2ccc(Cl)c(CN)c2)cc1. The highest BCUT2D eigenvalue weighted by atomic mass is 35.5. The molecular weight excluding hydrogens is 350 g/mol. The average molecular weight is 370 g/mol. The predicted molar refractivity (Wildman–Crippen MR) is 102 cm³/mol. The highest BCUT2D eigenvalue weighted by molar-refractivity contribution is 6.31. The van der Waals surface area contributed by atoms with Crippen LogP contribution >= 0.6 is 11.6 Å². The van der Waals surface area contributed by atoms with Gasteiger partial charge in [0.1, 0.15) is 0 Å². The first-order valence-electron chi connectivity index (χ1n) is 8.39. The van der Waals surface area contributed by atoms with Gasteiger partial charge in [-0.15, -0.1) is 0 Å². The highest BCUT2D eigenvalue weighted by Gasteiger charge is 2.16. The van der Waals surface area contributed by atoms with E-state index in [1.54, 1.807) is 16.8 Å². The summed E-state index contributed by atoms with van der Waals surface area (Å²) >= 11 is 6.14. The fourth-order valence-electron chi connectivity index (χ4n) is 2.82. The minimum absolute atomic E-state index is 0.00873. The molecule has 3 N–H and O–H groups in total. The maximum absolute atomic E-state index is 11.4. The van der Waals surface area contributed by atoms with Crippen LogP contribution in [-0.2, 0) is 19.5 Å². The first-order valence-corrected chi connectivity index (χ1v) is 8.77. The molecule has 0 aliphatic rings. The van der Waals surface area contributed by atoms with Crippen molar-refractivity contribution < 1.29 is 9.90 Å². The summed E-state index contributed by atoms with van der Waals surface area (Å²) in [6.45, 7) is 2.90. The van der Waals surface area contributed by atoms with Crippen molar-refractivity contribution in [3.05, 3.63) is 75.9 Å². The van der Waals surface area contributed by atoms with Crippen molar-refractivity contribution in [2.24, 2.45) is 5.73 Å². The van der Waals surface area contributed by atoms with Crippen LogP contribution in [0, 0.1) is 0 Å². The molecule has 5 nitrogen and oxygen atoms in total. The largest absolute Gasteiger partial charge is 0.476 e. The molecule has 0 spiro atoms. The fourth-order valence-corrected chi connectivity index (χ4v) is 3.01. The summed E-state index contributed by atoms with van der Waals surface area (Å²) in [5.41, 5.74) is 10.4. The topological polar surface area (TPSA) is 81.1 Å². The highest BCUT2D eigenvalue weighted by Crippen LogP contribution is 2.26. The normalized spacial score (nSPS) is 10.9. The Balaban J connectivity index is 2.02. The van der Waals surface area contributed by atoms with Crippen LogP contribution in [0.25, 0.3) is 11.3 Å². The van der Waals surface area contributed by atoms with Crippen LogP contribution < -0.4 is 5.73 Å². The van der Waals surface area contributed by atoms with Gasteiger partial charge in [-0.1, -0.05) is 48.9 Å². The number of carboxylic acid groups (broad SMARTS) is 1. The van der Waals surface area contributed by atoms with Crippen LogP contribution in [-0.4, -0.2) is 20.9 Å². The van der Waals surface area contributed by atoms with Crippen molar-refractivity contribution in [3.63, 3.8) is 0 Å². The summed E-state index contributed by atoms with van der Waals surface area (Å²) in [7, 11) is 0. The van der Waals surface area contributed by atoms with Gasteiger partial charge in [-0.2, -0.15) is 5.10 Å². The number of hydrogen-bond donors (Lipinski definition) is 2. The zero-order valence-corrected chi connectivity index (χ0v) is 15.2. The smallest absolute Gasteiger partial charge is 0.356 e. The van der Waals surface area contributed by atoms with Gasteiger partial charge in [0, 0.05) is 17.1 Å². The molecule has 1 aromatic heterocycles. The molecule has 0 bridgehead atoms. The van der Waals surface area contributed by atoms with E-state index >= 15 is 0 Å². The minimum Gasteiger partial charge on any atom is -0.476 e. The Morgan fingerprint density at radius 2 is 1.85 bits per heavy atom. The number of aryl methyl sites for hydroxylation is 1.